The van der Waals surface area contributed by atoms with Gasteiger partial charge in [-0.05, 0) is 11.4 Å². The minimum atomic E-state index is -0.482. The number of thiophene rings is 1. The van der Waals surface area contributed by atoms with Crippen molar-refractivity contribution >= 4 is 34.5 Å². The first-order valence-electron chi connectivity index (χ1n) is 3.06. The van der Waals surface area contributed by atoms with Crippen LogP contribution in [-0.4, -0.2) is 11.5 Å². The lowest BCUT2D eigenvalue weighted by molar-refractivity contribution is 0.0952. The van der Waals surface area contributed by atoms with E-state index in [-0.39, 0.29) is 5.91 Å². The molecule has 2 rings (SSSR count). The Morgan fingerprint density at radius 1 is 1.55 bits per heavy atom. The summed E-state index contributed by atoms with van der Waals surface area (Å²) in [7, 11) is 0. The van der Waals surface area contributed by atoms with E-state index in [9.17, 15) is 4.79 Å². The van der Waals surface area contributed by atoms with E-state index in [1.165, 1.54) is 11.3 Å². The average Bonchev–Trinajstić information content (AvgIpc) is 2.34. The van der Waals surface area contributed by atoms with Crippen molar-refractivity contribution < 1.29 is 4.79 Å². The Balaban J connectivity index is 2.44. The average molecular weight is 189 g/mol. The van der Waals surface area contributed by atoms with Crippen LogP contribution in [0.25, 0.3) is 0 Å². The van der Waals surface area contributed by atoms with Crippen LogP contribution in [0, 0.1) is 0 Å². The summed E-state index contributed by atoms with van der Waals surface area (Å²) in [6, 6.07) is 1.84. The predicted molar refractivity (Wildman–Crippen MR) is 45.0 cm³/mol. The minimum Gasteiger partial charge on any atom is -0.351 e. The third-order valence-corrected chi connectivity index (χ3v) is 2.54. The van der Waals surface area contributed by atoms with Gasteiger partial charge in [0.2, 0.25) is 0 Å². The Bertz CT molecular complexity index is 299. The molecule has 5 heteroatoms. The lowest BCUT2D eigenvalue weighted by Gasteiger charge is -2.19. The molecule has 58 valence electrons. The number of hydrogen-bond donors (Lipinski definition) is 2. The molecule has 3 nitrogen and oxygen atoms in total. The van der Waals surface area contributed by atoms with Gasteiger partial charge in [0.15, 0.2) is 5.62 Å². The molecule has 0 bridgehead atoms. The lowest BCUT2D eigenvalue weighted by Crippen LogP contribution is -2.40. The van der Waals surface area contributed by atoms with E-state index in [2.05, 4.69) is 10.6 Å². The molecule has 2 N–H and O–H groups in total. The molecule has 0 saturated heterocycles. The van der Waals surface area contributed by atoms with E-state index in [1.54, 1.807) is 0 Å². The molecule has 1 aromatic heterocycles. The number of halogens is 1. The fraction of sp³-hybridized carbons (Fsp3) is 0.167. The number of hydrogen-bond acceptors (Lipinski definition) is 3. The van der Waals surface area contributed by atoms with Crippen molar-refractivity contribution in [1.82, 2.24) is 5.32 Å². The van der Waals surface area contributed by atoms with Crippen LogP contribution in [0.15, 0.2) is 11.4 Å². The predicted octanol–water partition coefficient (Wildman–Crippen LogP) is 1.43. The topological polar surface area (TPSA) is 41.1 Å². The van der Waals surface area contributed by atoms with E-state index in [0.717, 1.165) is 5.69 Å². The number of fused-ring (bicyclic) bond motifs is 1. The molecular weight excluding hydrogens is 184 g/mol. The molecule has 0 spiro atoms. The molecule has 11 heavy (non-hydrogen) atoms. The van der Waals surface area contributed by atoms with Gasteiger partial charge in [-0.1, -0.05) is 11.6 Å². The van der Waals surface area contributed by atoms with Crippen LogP contribution in [0.1, 0.15) is 9.67 Å². The van der Waals surface area contributed by atoms with Crippen LogP contribution >= 0.6 is 22.9 Å². The van der Waals surface area contributed by atoms with E-state index >= 15 is 0 Å². The maximum atomic E-state index is 11.1. The first kappa shape index (κ1) is 6.94. The van der Waals surface area contributed by atoms with Crippen molar-refractivity contribution in [2.24, 2.45) is 0 Å². The number of carbonyl (C=O) groups is 1. The standard InChI is InChI=1S/C6H5ClN2OS/c7-6-8-3-1-2-11-4(3)5(10)9-6/h1-2,6,8H,(H,9,10). The molecule has 1 aromatic rings. The Kier molecular flexibility index (Phi) is 1.51. The molecule has 0 saturated carbocycles. The molecule has 0 radical (unpaired) electrons. The summed E-state index contributed by atoms with van der Waals surface area (Å²) in [5.74, 6) is -0.103. The summed E-state index contributed by atoms with van der Waals surface area (Å²) in [5.41, 5.74) is 0.336. The molecule has 0 aromatic carbocycles. The molecule has 1 atom stereocenters. The van der Waals surface area contributed by atoms with Gasteiger partial charge in [0.1, 0.15) is 4.88 Å². The molecule has 1 amide bonds. The second-order valence-corrected chi connectivity index (χ2v) is 3.50. The zero-order valence-electron chi connectivity index (χ0n) is 5.43. The first-order chi connectivity index (χ1) is 5.27. The van der Waals surface area contributed by atoms with Crippen LogP contribution < -0.4 is 10.6 Å². The summed E-state index contributed by atoms with van der Waals surface area (Å²) in [6.07, 6.45) is 0. The van der Waals surface area contributed by atoms with Crippen LogP contribution in [0.4, 0.5) is 5.69 Å². The maximum Gasteiger partial charge on any atom is 0.266 e. The summed E-state index contributed by atoms with van der Waals surface area (Å²) in [5, 5.41) is 7.31. The Labute approximate surface area is 72.4 Å². The Hall–Kier alpha value is -0.740. The van der Waals surface area contributed by atoms with Crippen molar-refractivity contribution in [2.75, 3.05) is 5.32 Å². The van der Waals surface area contributed by atoms with E-state index < -0.39 is 5.62 Å². The fourth-order valence-corrected chi connectivity index (χ4v) is 1.93. The number of alkyl halides is 1. The van der Waals surface area contributed by atoms with Gasteiger partial charge in [-0.25, -0.2) is 0 Å². The number of nitrogens with one attached hydrogen (secondary N) is 2. The first-order valence-corrected chi connectivity index (χ1v) is 4.38. The number of carbonyl (C=O) groups excluding carboxylic acids is 1. The van der Waals surface area contributed by atoms with Gasteiger partial charge in [-0.3, -0.25) is 4.79 Å². The van der Waals surface area contributed by atoms with Crippen LogP contribution in [-0.2, 0) is 0 Å². The summed E-state index contributed by atoms with van der Waals surface area (Å²) in [6.45, 7) is 0. The van der Waals surface area contributed by atoms with Crippen molar-refractivity contribution in [1.29, 1.82) is 0 Å². The molecule has 1 unspecified atom stereocenters. The Morgan fingerprint density at radius 2 is 2.36 bits per heavy atom. The van der Waals surface area contributed by atoms with Gasteiger partial charge >= 0.3 is 0 Å². The second-order valence-electron chi connectivity index (χ2n) is 2.14. The smallest absolute Gasteiger partial charge is 0.266 e. The summed E-state index contributed by atoms with van der Waals surface area (Å²) >= 11 is 7.06. The third-order valence-electron chi connectivity index (χ3n) is 1.41. The normalized spacial score (nSPS) is 21.9. The SMILES string of the molecule is O=C1NC(Cl)Nc2ccsc21. The van der Waals surface area contributed by atoms with Gasteiger partial charge in [-0.2, -0.15) is 0 Å². The molecule has 2 heterocycles. The van der Waals surface area contributed by atoms with E-state index in [0.29, 0.717) is 4.88 Å². The molecular formula is C6H5ClN2OS. The fourth-order valence-electron chi connectivity index (χ4n) is 0.952. The van der Waals surface area contributed by atoms with Crippen molar-refractivity contribution in [3.63, 3.8) is 0 Å². The number of amides is 1. The Morgan fingerprint density at radius 3 is 3.18 bits per heavy atom. The quantitative estimate of drug-likeness (QED) is 0.478. The highest BCUT2D eigenvalue weighted by Gasteiger charge is 2.22. The highest BCUT2D eigenvalue weighted by Crippen LogP contribution is 2.25. The summed E-state index contributed by atoms with van der Waals surface area (Å²) in [4.78, 5) is 11.8. The van der Waals surface area contributed by atoms with Crippen molar-refractivity contribution in [3.8, 4) is 0 Å². The van der Waals surface area contributed by atoms with Gasteiger partial charge < -0.3 is 10.6 Å². The summed E-state index contributed by atoms with van der Waals surface area (Å²) < 4.78 is 0. The van der Waals surface area contributed by atoms with Gasteiger partial charge in [-0.15, -0.1) is 11.3 Å². The van der Waals surface area contributed by atoms with Gasteiger partial charge in [0.25, 0.3) is 5.91 Å². The zero-order valence-corrected chi connectivity index (χ0v) is 7.00. The maximum absolute atomic E-state index is 11.1. The van der Waals surface area contributed by atoms with Crippen molar-refractivity contribution in [3.05, 3.63) is 16.3 Å². The van der Waals surface area contributed by atoms with Crippen LogP contribution in [0.3, 0.4) is 0 Å². The largest absolute Gasteiger partial charge is 0.351 e. The van der Waals surface area contributed by atoms with Crippen molar-refractivity contribution in [2.45, 2.75) is 5.62 Å². The minimum absolute atomic E-state index is 0.103. The lowest BCUT2D eigenvalue weighted by atomic mass is 10.3. The molecule has 0 aliphatic carbocycles. The van der Waals surface area contributed by atoms with E-state index in [4.69, 9.17) is 11.6 Å². The molecule has 1 aliphatic rings. The molecule has 0 fully saturated rings. The number of anilines is 1. The zero-order chi connectivity index (χ0) is 7.84. The number of rotatable bonds is 0. The van der Waals surface area contributed by atoms with Crippen LogP contribution in [0.5, 0.6) is 0 Å². The van der Waals surface area contributed by atoms with Gasteiger partial charge in [0.05, 0.1) is 5.69 Å². The van der Waals surface area contributed by atoms with Gasteiger partial charge in [0, 0.05) is 0 Å². The highest BCUT2D eigenvalue weighted by molar-refractivity contribution is 7.12. The molecule has 1 aliphatic heterocycles. The second kappa shape index (κ2) is 2.39. The van der Waals surface area contributed by atoms with Crippen LogP contribution in [0.2, 0.25) is 0 Å². The van der Waals surface area contributed by atoms with E-state index in [1.807, 2.05) is 11.4 Å². The monoisotopic (exact) mass is 188 g/mol. The highest BCUT2D eigenvalue weighted by atomic mass is 35.5. The third kappa shape index (κ3) is 1.08.